The van der Waals surface area contributed by atoms with E-state index in [1.54, 1.807) is 104 Å². The van der Waals surface area contributed by atoms with Gasteiger partial charge in [0.05, 0.1) is 24.8 Å². The Morgan fingerprint density at radius 3 is 1.52 bits per heavy atom. The third kappa shape index (κ3) is 23.9. The number of alkyl carbamates (subject to hydrolysis) is 5. The van der Waals surface area contributed by atoms with Gasteiger partial charge in [-0.25, -0.2) is 24.0 Å². The van der Waals surface area contributed by atoms with Gasteiger partial charge in [0.15, 0.2) is 30.6 Å². The maximum absolute atomic E-state index is 15.0. The number of carbonyl (C=O) groups is 9. The molecule has 5 fully saturated rings. The first-order chi connectivity index (χ1) is 41.0. The number of aliphatic hydroxyl groups is 1. The second-order valence-corrected chi connectivity index (χ2v) is 27.8. The minimum atomic E-state index is -2.21. The first kappa shape index (κ1) is 73.7. The topological polar surface area (TPSA) is 375 Å². The number of carbonyl (C=O) groups excluding carboxylic acids is 9. The highest BCUT2D eigenvalue weighted by atomic mass is 16.8. The van der Waals surface area contributed by atoms with E-state index < -0.39 is 186 Å². The average Bonchev–Trinajstić information content (AvgIpc) is 0.789. The fraction of sp³-hybridized carbons (Fsp3) is 0.847. The normalized spacial score (nSPS) is 29.2. The predicted molar refractivity (Wildman–Crippen MR) is 310 cm³/mol. The fourth-order valence-electron chi connectivity index (χ4n) is 10.6. The van der Waals surface area contributed by atoms with Crippen LogP contribution in [-0.2, 0) is 85.5 Å². The number of amides is 6. The number of ether oxygens (including phenoxy) is 14. The Bertz CT molecular complexity index is 2460. The van der Waals surface area contributed by atoms with E-state index in [1.807, 2.05) is 0 Å². The summed E-state index contributed by atoms with van der Waals surface area (Å²) in [5, 5.41) is 29.5. The van der Waals surface area contributed by atoms with E-state index in [9.17, 15) is 48.3 Å². The fourth-order valence-corrected chi connectivity index (χ4v) is 10.6. The van der Waals surface area contributed by atoms with E-state index >= 15 is 0 Å². The summed E-state index contributed by atoms with van der Waals surface area (Å²) in [5.41, 5.74) is -5.02. The molecule has 0 aromatic heterocycles. The van der Waals surface area contributed by atoms with Crippen molar-refractivity contribution in [1.29, 1.82) is 0 Å². The number of aliphatic hydroxyl groups excluding tert-OH is 1. The Morgan fingerprint density at radius 2 is 1.00 bits per heavy atom. The maximum Gasteiger partial charge on any atom is 0.408 e. The quantitative estimate of drug-likeness (QED) is 0.0757. The standard InChI is InChI=1S/C59H98N6O24/c1-30(66)77-35(24-27-60-49(71)85-54(4,5)6)46(70)63-38-42(78-31(2)67)39(65-53(75)89-58(16,17)18)44(82-47-34(62-51(73)87-56(10,11)12)23-22-33(80-47)28-61-50(72)86-55(7,8)9)40(69)43(38)83-48-45(79-32(3)68)37(64-52(74)88-57(13,14)15)41-36(81-48)29-76-59(84-41)25-20-19-21-26-59/h33-45,47-48,69H,19-29H2,1-18H3,(H,60,71)(H,61,72)(H,62,73)(H,63,70)(H,64,74)(H,65,75)/t33-,34?,35-,36?,37-,38?,39-,40?,41+,42-,43-,44?,45?,47+,48+/m0/s1. The monoisotopic (exact) mass is 1270 g/mol. The Labute approximate surface area is 520 Å². The van der Waals surface area contributed by atoms with Crippen molar-refractivity contribution in [1.82, 2.24) is 31.9 Å². The van der Waals surface area contributed by atoms with Gasteiger partial charge in [0, 0.05) is 53.1 Å². The molecule has 5 rings (SSSR count). The number of rotatable bonds is 17. The molecule has 89 heavy (non-hydrogen) atoms. The molecule has 3 saturated heterocycles. The Morgan fingerprint density at radius 1 is 0.528 bits per heavy atom. The molecule has 30 nitrogen and oxygen atoms in total. The molecule has 0 aromatic rings. The van der Waals surface area contributed by atoms with Crippen molar-refractivity contribution in [2.75, 3.05) is 19.7 Å². The van der Waals surface area contributed by atoms with Crippen molar-refractivity contribution in [2.45, 2.75) is 301 Å². The Balaban J connectivity index is 1.73. The molecule has 30 heteroatoms. The summed E-state index contributed by atoms with van der Waals surface area (Å²) < 4.78 is 85.4. The van der Waals surface area contributed by atoms with Crippen LogP contribution in [0.2, 0.25) is 0 Å². The average molecular weight is 1280 g/mol. The van der Waals surface area contributed by atoms with Crippen molar-refractivity contribution in [2.24, 2.45) is 0 Å². The van der Waals surface area contributed by atoms with E-state index in [0.29, 0.717) is 12.8 Å². The van der Waals surface area contributed by atoms with Gasteiger partial charge in [-0.1, -0.05) is 6.42 Å². The molecule has 0 radical (unpaired) electrons. The molecule has 15 atom stereocenters. The molecule has 6 unspecified atom stereocenters. The number of fused-ring (bicyclic) bond motifs is 1. The summed E-state index contributed by atoms with van der Waals surface area (Å²) in [7, 11) is 0. The lowest BCUT2D eigenvalue weighted by molar-refractivity contribution is -0.390. The summed E-state index contributed by atoms with van der Waals surface area (Å²) >= 11 is 0. The van der Waals surface area contributed by atoms with Crippen LogP contribution in [0.5, 0.6) is 0 Å². The molecular weight excluding hydrogens is 1180 g/mol. The van der Waals surface area contributed by atoms with E-state index in [0.717, 1.165) is 40.0 Å². The van der Waals surface area contributed by atoms with Gasteiger partial charge >= 0.3 is 48.4 Å². The van der Waals surface area contributed by atoms with Gasteiger partial charge in [0.1, 0.15) is 76.7 Å². The van der Waals surface area contributed by atoms with Gasteiger partial charge in [-0.3, -0.25) is 19.2 Å². The number of nitrogens with one attached hydrogen (secondary N) is 6. The van der Waals surface area contributed by atoms with E-state index in [-0.39, 0.29) is 32.5 Å². The second kappa shape index (κ2) is 30.4. The van der Waals surface area contributed by atoms with E-state index in [2.05, 4.69) is 31.9 Å². The van der Waals surface area contributed by atoms with Crippen LogP contribution in [0, 0.1) is 0 Å². The van der Waals surface area contributed by atoms with Gasteiger partial charge in [0.25, 0.3) is 5.91 Å². The van der Waals surface area contributed by atoms with Crippen LogP contribution >= 0.6 is 0 Å². The van der Waals surface area contributed by atoms with Crippen molar-refractivity contribution in [3.8, 4) is 0 Å². The smallest absolute Gasteiger partial charge is 0.408 e. The number of hydrogen-bond acceptors (Lipinski definition) is 24. The highest BCUT2D eigenvalue weighted by Crippen LogP contribution is 2.43. The third-order valence-corrected chi connectivity index (χ3v) is 13.8. The van der Waals surface area contributed by atoms with Crippen LogP contribution in [-0.4, -0.2) is 205 Å². The third-order valence-electron chi connectivity index (χ3n) is 13.8. The minimum Gasteiger partial charge on any atom is -0.458 e. The zero-order valence-electron chi connectivity index (χ0n) is 54.8. The molecule has 0 bridgehead atoms. The highest BCUT2D eigenvalue weighted by Gasteiger charge is 2.61. The lowest BCUT2D eigenvalue weighted by atomic mass is 9.80. The van der Waals surface area contributed by atoms with Crippen LogP contribution < -0.4 is 31.9 Å². The summed E-state index contributed by atoms with van der Waals surface area (Å²) in [6.07, 6.45) is -19.7. The van der Waals surface area contributed by atoms with Crippen LogP contribution in [0.3, 0.4) is 0 Å². The zero-order valence-corrected chi connectivity index (χ0v) is 54.8. The lowest BCUT2D eigenvalue weighted by Gasteiger charge is -2.54. The molecule has 1 spiro atoms. The highest BCUT2D eigenvalue weighted by molar-refractivity contribution is 5.84. The second-order valence-electron chi connectivity index (χ2n) is 27.8. The van der Waals surface area contributed by atoms with Crippen molar-refractivity contribution in [3.05, 3.63) is 0 Å². The van der Waals surface area contributed by atoms with Gasteiger partial charge < -0.3 is 103 Å². The zero-order chi connectivity index (χ0) is 66.8. The van der Waals surface area contributed by atoms with E-state index in [1.165, 1.54) is 0 Å². The van der Waals surface area contributed by atoms with Gasteiger partial charge in [0.2, 0.25) is 0 Å². The molecule has 508 valence electrons. The van der Waals surface area contributed by atoms with Gasteiger partial charge in [-0.2, -0.15) is 0 Å². The molecule has 6 amide bonds. The first-order valence-corrected chi connectivity index (χ1v) is 30.3. The first-order valence-electron chi connectivity index (χ1n) is 30.3. The number of esters is 3. The molecule has 3 aliphatic heterocycles. The summed E-state index contributed by atoms with van der Waals surface area (Å²) in [4.78, 5) is 122. The van der Waals surface area contributed by atoms with Crippen molar-refractivity contribution in [3.63, 3.8) is 0 Å². The van der Waals surface area contributed by atoms with Gasteiger partial charge in [-0.05, 0) is 130 Å². The maximum atomic E-state index is 15.0. The van der Waals surface area contributed by atoms with Crippen molar-refractivity contribution >= 4 is 54.3 Å². The van der Waals surface area contributed by atoms with Crippen LogP contribution in [0.15, 0.2) is 0 Å². The Hall–Kier alpha value is -6.05. The molecule has 0 aromatic carbocycles. The SMILES string of the molecule is CC(=O)OC1[C@@H](O[C@@H]2C(O)C(O[C@H]3O[C@H](CNC(=O)OC(C)(C)C)CCC3NC(=O)OC(C)(C)C)[C@@H](NC(=O)OC(C)(C)C)[C@@H](OC(C)=O)C2NC(=O)[C@H](CCNC(=O)OC(C)(C)C)OC(C)=O)OC2COC3(CCCCC3)O[C@H]2[C@@H]1NC(=O)OC(C)(C)C. The largest absolute Gasteiger partial charge is 0.458 e. The van der Waals surface area contributed by atoms with E-state index in [4.69, 9.17) is 66.3 Å². The molecule has 3 heterocycles. The molecule has 2 aliphatic carbocycles. The lowest BCUT2D eigenvalue weighted by Crippen LogP contribution is -2.76. The Kier molecular flexibility index (Phi) is 25.2. The van der Waals surface area contributed by atoms with Crippen LogP contribution in [0.1, 0.15) is 176 Å². The molecular formula is C59H98N6O24. The summed E-state index contributed by atoms with van der Waals surface area (Å²) in [6, 6.07) is -6.24. The minimum absolute atomic E-state index is 0.0733. The summed E-state index contributed by atoms with van der Waals surface area (Å²) in [6.45, 7) is 26.9. The number of hydrogen-bond donors (Lipinski definition) is 7. The summed E-state index contributed by atoms with van der Waals surface area (Å²) in [5.74, 6) is -5.14. The van der Waals surface area contributed by atoms with Crippen LogP contribution in [0.25, 0.3) is 0 Å². The van der Waals surface area contributed by atoms with Crippen molar-refractivity contribution < 1.29 is 115 Å². The molecule has 7 N–H and O–H groups in total. The molecule has 5 aliphatic rings. The molecule has 2 saturated carbocycles. The van der Waals surface area contributed by atoms with Crippen LogP contribution in [0.4, 0.5) is 24.0 Å². The predicted octanol–water partition coefficient (Wildman–Crippen LogP) is 4.84. The van der Waals surface area contributed by atoms with Gasteiger partial charge in [-0.15, -0.1) is 0 Å².